The maximum absolute atomic E-state index is 5.58. The van der Waals surface area contributed by atoms with Crippen molar-refractivity contribution in [3.05, 3.63) is 24.3 Å². The molecule has 3 nitrogen and oxygen atoms in total. The van der Waals surface area contributed by atoms with E-state index in [9.17, 15) is 0 Å². The van der Waals surface area contributed by atoms with E-state index in [1.807, 2.05) is 0 Å². The highest BCUT2D eigenvalue weighted by atomic mass is 79.9. The van der Waals surface area contributed by atoms with Gasteiger partial charge in [0.05, 0.1) is 0 Å². The molecule has 0 aliphatic carbocycles. The van der Waals surface area contributed by atoms with Crippen molar-refractivity contribution in [2.45, 2.75) is 117 Å². The first kappa shape index (κ1) is 35.3. The van der Waals surface area contributed by atoms with Gasteiger partial charge in [0.15, 0.2) is 0 Å². The molecule has 0 bridgehead atoms. The molecule has 0 aliphatic heterocycles. The molecule has 0 rings (SSSR count). The molecule has 2 atom stereocenters. The fraction of sp³-hybridized carbons (Fsp3) is 0.867. The SMILES string of the molecule is CC(C=CCCCCCCCCBr)CCOCOCOCCC(C)C=CCCCCCCCCBr. The van der Waals surface area contributed by atoms with Crippen molar-refractivity contribution in [1.82, 2.24) is 0 Å². The van der Waals surface area contributed by atoms with Crippen molar-refractivity contribution in [3.8, 4) is 0 Å². The van der Waals surface area contributed by atoms with Crippen LogP contribution in [0, 0.1) is 11.8 Å². The number of alkyl halides is 2. The monoisotopic (exact) mass is 622 g/mol. The molecule has 0 aromatic rings. The molecule has 0 saturated heterocycles. The van der Waals surface area contributed by atoms with Crippen LogP contribution in [0.25, 0.3) is 0 Å². The van der Waals surface area contributed by atoms with Gasteiger partial charge in [-0.2, -0.15) is 0 Å². The lowest BCUT2D eigenvalue weighted by Gasteiger charge is -2.10. The predicted molar refractivity (Wildman–Crippen MR) is 161 cm³/mol. The molecule has 2 unspecified atom stereocenters. The Kier molecular flexibility index (Phi) is 30.8. The van der Waals surface area contributed by atoms with Gasteiger partial charge in [0.1, 0.15) is 13.6 Å². The van der Waals surface area contributed by atoms with Gasteiger partial charge < -0.3 is 14.2 Å². The number of ether oxygens (including phenoxy) is 3. The number of hydrogen-bond donors (Lipinski definition) is 0. The van der Waals surface area contributed by atoms with E-state index in [1.165, 1.54) is 89.9 Å². The summed E-state index contributed by atoms with van der Waals surface area (Å²) >= 11 is 6.99. The van der Waals surface area contributed by atoms with E-state index in [0.29, 0.717) is 25.4 Å². The van der Waals surface area contributed by atoms with Gasteiger partial charge in [-0.25, -0.2) is 0 Å². The molecule has 0 aliphatic rings. The summed E-state index contributed by atoms with van der Waals surface area (Å²) in [4.78, 5) is 0. The van der Waals surface area contributed by atoms with E-state index in [2.05, 4.69) is 70.0 Å². The minimum Gasteiger partial charge on any atom is -0.355 e. The molecule has 0 N–H and O–H groups in total. The van der Waals surface area contributed by atoms with Gasteiger partial charge in [-0.05, 0) is 63.2 Å². The third kappa shape index (κ3) is 30.4. The first-order valence-corrected chi connectivity index (χ1v) is 16.6. The van der Waals surface area contributed by atoms with Gasteiger partial charge in [-0.1, -0.05) is 121 Å². The van der Waals surface area contributed by atoms with E-state index in [0.717, 1.165) is 36.7 Å². The van der Waals surface area contributed by atoms with Gasteiger partial charge in [0.25, 0.3) is 0 Å². The Morgan fingerprint density at radius 2 is 0.886 bits per heavy atom. The summed E-state index contributed by atoms with van der Waals surface area (Å²) in [5.41, 5.74) is 0. The third-order valence-corrected chi connectivity index (χ3v) is 7.33. The van der Waals surface area contributed by atoms with E-state index in [4.69, 9.17) is 14.2 Å². The van der Waals surface area contributed by atoms with Crippen LogP contribution >= 0.6 is 31.9 Å². The Labute approximate surface area is 235 Å². The standard InChI is InChI=1S/C30H56Br2O3/c1-29(19-15-11-7-3-5-9-13-17-23-31)21-25-33-27-35-28-34-26-22-30(2)20-16-12-8-4-6-10-14-18-24-32/h15-16,19-20,29-30H,3-14,17-18,21-28H2,1-2H3. The quantitative estimate of drug-likeness (QED) is 0.0375. The Hall–Kier alpha value is 0.320. The van der Waals surface area contributed by atoms with E-state index in [1.54, 1.807) is 0 Å². The normalized spacial score (nSPS) is 13.8. The summed E-state index contributed by atoms with van der Waals surface area (Å²) < 4.78 is 16.6. The lowest BCUT2D eigenvalue weighted by molar-refractivity contribution is -0.132. The molecule has 0 heterocycles. The third-order valence-electron chi connectivity index (χ3n) is 6.21. The van der Waals surface area contributed by atoms with Crippen LogP contribution in [0.4, 0.5) is 0 Å². The van der Waals surface area contributed by atoms with Crippen LogP contribution in [0.5, 0.6) is 0 Å². The predicted octanol–water partition coefficient (Wildman–Crippen LogP) is 10.4. The second kappa shape index (κ2) is 30.5. The van der Waals surface area contributed by atoms with Crippen molar-refractivity contribution in [1.29, 1.82) is 0 Å². The minimum atomic E-state index is 0.317. The van der Waals surface area contributed by atoms with Crippen LogP contribution in [0.3, 0.4) is 0 Å². The second-order valence-corrected chi connectivity index (χ2v) is 11.4. The molecule has 0 spiro atoms. The van der Waals surface area contributed by atoms with Crippen LogP contribution in [0.15, 0.2) is 24.3 Å². The van der Waals surface area contributed by atoms with Crippen molar-refractivity contribution in [2.75, 3.05) is 37.5 Å². The van der Waals surface area contributed by atoms with Crippen molar-refractivity contribution in [2.24, 2.45) is 11.8 Å². The van der Waals surface area contributed by atoms with E-state index < -0.39 is 0 Å². The molecule has 208 valence electrons. The maximum atomic E-state index is 5.58. The molecular formula is C30H56Br2O3. The number of halogens is 2. The Bertz CT molecular complexity index is 417. The van der Waals surface area contributed by atoms with Crippen LogP contribution in [0.2, 0.25) is 0 Å². The average Bonchev–Trinajstić information content (AvgIpc) is 2.85. The highest BCUT2D eigenvalue weighted by Gasteiger charge is 1.99. The summed E-state index contributed by atoms with van der Waals surface area (Å²) in [7, 11) is 0. The molecule has 0 saturated carbocycles. The van der Waals surface area contributed by atoms with Gasteiger partial charge in [-0.3, -0.25) is 0 Å². The number of rotatable bonds is 28. The lowest BCUT2D eigenvalue weighted by Crippen LogP contribution is -2.08. The largest absolute Gasteiger partial charge is 0.355 e. The zero-order valence-electron chi connectivity index (χ0n) is 23.0. The summed E-state index contributed by atoms with van der Waals surface area (Å²) in [6, 6.07) is 0. The summed E-state index contributed by atoms with van der Waals surface area (Å²) in [5, 5.41) is 2.29. The molecular weight excluding hydrogens is 568 g/mol. The average molecular weight is 625 g/mol. The fourth-order valence-electron chi connectivity index (χ4n) is 3.79. The highest BCUT2D eigenvalue weighted by Crippen LogP contribution is 2.11. The molecule has 0 fully saturated rings. The van der Waals surface area contributed by atoms with Gasteiger partial charge in [0, 0.05) is 23.9 Å². The van der Waals surface area contributed by atoms with Crippen LogP contribution < -0.4 is 0 Å². The Morgan fingerprint density at radius 3 is 1.29 bits per heavy atom. The molecule has 35 heavy (non-hydrogen) atoms. The highest BCUT2D eigenvalue weighted by molar-refractivity contribution is 9.09. The number of unbranched alkanes of at least 4 members (excludes halogenated alkanes) is 12. The van der Waals surface area contributed by atoms with Crippen molar-refractivity contribution in [3.63, 3.8) is 0 Å². The topological polar surface area (TPSA) is 27.7 Å². The smallest absolute Gasteiger partial charge is 0.149 e. The number of hydrogen-bond acceptors (Lipinski definition) is 3. The van der Waals surface area contributed by atoms with Gasteiger partial charge in [-0.15, -0.1) is 0 Å². The van der Waals surface area contributed by atoms with Gasteiger partial charge >= 0.3 is 0 Å². The Morgan fingerprint density at radius 1 is 0.514 bits per heavy atom. The summed E-state index contributed by atoms with van der Waals surface area (Å²) in [6.07, 6.45) is 30.1. The second-order valence-electron chi connectivity index (χ2n) is 9.84. The zero-order valence-corrected chi connectivity index (χ0v) is 26.2. The summed E-state index contributed by atoms with van der Waals surface area (Å²) in [5.74, 6) is 1.12. The lowest BCUT2D eigenvalue weighted by atomic mass is 10.1. The molecule has 0 radical (unpaired) electrons. The first-order chi connectivity index (χ1) is 17.2. The minimum absolute atomic E-state index is 0.317. The fourth-order valence-corrected chi connectivity index (χ4v) is 4.58. The van der Waals surface area contributed by atoms with E-state index >= 15 is 0 Å². The zero-order chi connectivity index (χ0) is 25.7. The first-order valence-electron chi connectivity index (χ1n) is 14.4. The van der Waals surface area contributed by atoms with Crippen LogP contribution in [-0.2, 0) is 14.2 Å². The summed E-state index contributed by atoms with van der Waals surface area (Å²) in [6.45, 7) is 6.61. The molecule has 5 heteroatoms. The number of allylic oxidation sites excluding steroid dienone is 4. The van der Waals surface area contributed by atoms with Crippen LogP contribution in [-0.4, -0.2) is 37.5 Å². The molecule has 0 aromatic heterocycles. The molecule has 0 aromatic carbocycles. The van der Waals surface area contributed by atoms with Crippen molar-refractivity contribution >= 4 is 31.9 Å². The van der Waals surface area contributed by atoms with E-state index in [-0.39, 0.29) is 0 Å². The van der Waals surface area contributed by atoms with Crippen molar-refractivity contribution < 1.29 is 14.2 Å². The van der Waals surface area contributed by atoms with Gasteiger partial charge in [0.2, 0.25) is 0 Å². The van der Waals surface area contributed by atoms with Crippen LogP contribution in [0.1, 0.15) is 117 Å². The Balaban J connectivity index is 3.36. The maximum Gasteiger partial charge on any atom is 0.149 e. The molecule has 0 amide bonds.